The van der Waals surface area contributed by atoms with Gasteiger partial charge in [0.15, 0.2) is 4.96 Å². The van der Waals surface area contributed by atoms with Gasteiger partial charge in [-0.15, -0.1) is 11.3 Å². The van der Waals surface area contributed by atoms with Crippen molar-refractivity contribution in [2.75, 3.05) is 0 Å². The molecule has 0 amide bonds. The molecule has 0 fully saturated rings. The fraction of sp³-hybridized carbons (Fsp3) is 0.118. The summed E-state index contributed by atoms with van der Waals surface area (Å²) in [7, 11) is 0. The molecule has 0 saturated carbocycles. The molecule has 2 aromatic heterocycles. The predicted molar refractivity (Wildman–Crippen MR) is 84.6 cm³/mol. The molecule has 0 spiro atoms. The minimum absolute atomic E-state index is 0.945. The molecule has 2 heterocycles. The summed E-state index contributed by atoms with van der Waals surface area (Å²) in [5, 5.41) is 2.22. The largest absolute Gasteiger partial charge is 0.287 e. The molecular formula is C17H14N2S. The van der Waals surface area contributed by atoms with E-state index in [9.17, 15) is 0 Å². The number of aryl methyl sites for hydroxylation is 1. The van der Waals surface area contributed by atoms with Crippen LogP contribution >= 0.6 is 11.3 Å². The Balaban J connectivity index is 1.85. The van der Waals surface area contributed by atoms with Crippen LogP contribution in [0.2, 0.25) is 0 Å². The van der Waals surface area contributed by atoms with Crippen molar-refractivity contribution in [3.63, 3.8) is 0 Å². The lowest BCUT2D eigenvalue weighted by molar-refractivity contribution is 1.06. The Bertz CT molecular complexity index is 884. The zero-order valence-electron chi connectivity index (χ0n) is 11.2. The highest BCUT2D eigenvalue weighted by Gasteiger charge is 2.10. The number of rotatable bonds is 2. The number of imidazole rings is 1. The molecule has 98 valence electrons. The molecule has 2 aromatic carbocycles. The topological polar surface area (TPSA) is 17.3 Å². The first-order valence-electron chi connectivity index (χ1n) is 6.70. The van der Waals surface area contributed by atoms with E-state index in [1.165, 1.54) is 22.3 Å². The van der Waals surface area contributed by atoms with Crippen LogP contribution in [0.4, 0.5) is 0 Å². The number of benzene rings is 2. The molecular weight excluding hydrogens is 264 g/mol. The summed E-state index contributed by atoms with van der Waals surface area (Å²) >= 11 is 1.71. The van der Waals surface area contributed by atoms with Gasteiger partial charge in [-0.3, -0.25) is 4.40 Å². The van der Waals surface area contributed by atoms with E-state index >= 15 is 0 Å². The third-order valence-corrected chi connectivity index (χ3v) is 4.50. The van der Waals surface area contributed by atoms with Crippen LogP contribution in [0, 0.1) is 6.92 Å². The summed E-state index contributed by atoms with van der Waals surface area (Å²) in [6.07, 6.45) is 0.945. The van der Waals surface area contributed by atoms with Crippen molar-refractivity contribution < 1.29 is 0 Å². The smallest absolute Gasteiger partial charge is 0.194 e. The van der Waals surface area contributed by atoms with E-state index in [-0.39, 0.29) is 0 Å². The maximum atomic E-state index is 4.67. The van der Waals surface area contributed by atoms with Crippen LogP contribution in [-0.2, 0) is 6.42 Å². The quantitative estimate of drug-likeness (QED) is 0.529. The molecule has 0 aliphatic carbocycles. The fourth-order valence-electron chi connectivity index (χ4n) is 2.57. The van der Waals surface area contributed by atoms with Crippen LogP contribution < -0.4 is 0 Å². The van der Waals surface area contributed by atoms with Crippen LogP contribution in [0.3, 0.4) is 0 Å². The summed E-state index contributed by atoms with van der Waals surface area (Å²) in [5.41, 5.74) is 6.23. The minimum atomic E-state index is 0.945. The van der Waals surface area contributed by atoms with Crippen LogP contribution in [-0.4, -0.2) is 9.38 Å². The Hall–Kier alpha value is -2.13. The summed E-state index contributed by atoms with van der Waals surface area (Å²) in [6, 6.07) is 17.1. The average Bonchev–Trinajstić information content (AvgIpc) is 3.01. The van der Waals surface area contributed by atoms with E-state index in [4.69, 9.17) is 0 Å². The van der Waals surface area contributed by atoms with Crippen LogP contribution in [0.1, 0.15) is 16.8 Å². The molecule has 0 aliphatic heterocycles. The van der Waals surface area contributed by atoms with E-state index in [0.29, 0.717) is 0 Å². The minimum Gasteiger partial charge on any atom is -0.287 e. The van der Waals surface area contributed by atoms with Gasteiger partial charge < -0.3 is 0 Å². The van der Waals surface area contributed by atoms with Gasteiger partial charge in [0, 0.05) is 17.5 Å². The normalized spacial score (nSPS) is 11.4. The molecule has 0 atom stereocenters. The highest BCUT2D eigenvalue weighted by atomic mass is 32.1. The molecule has 0 unspecified atom stereocenters. The number of hydrogen-bond acceptors (Lipinski definition) is 2. The average molecular weight is 278 g/mol. The number of hydrogen-bond donors (Lipinski definition) is 0. The number of para-hydroxylation sites is 2. The zero-order valence-corrected chi connectivity index (χ0v) is 12.0. The number of fused-ring (bicyclic) bond motifs is 3. The summed E-state index contributed by atoms with van der Waals surface area (Å²) in [6.45, 7) is 2.12. The Kier molecular flexibility index (Phi) is 2.60. The first-order valence-corrected chi connectivity index (χ1v) is 7.58. The number of nitrogens with zero attached hydrogens (tertiary/aromatic N) is 2. The molecule has 4 rings (SSSR count). The molecule has 4 aromatic rings. The van der Waals surface area contributed by atoms with Gasteiger partial charge in [-0.25, -0.2) is 4.98 Å². The lowest BCUT2D eigenvalue weighted by Gasteiger charge is -2.02. The summed E-state index contributed by atoms with van der Waals surface area (Å²) in [5.74, 6) is 0. The molecule has 3 heteroatoms. The van der Waals surface area contributed by atoms with Crippen molar-refractivity contribution in [2.45, 2.75) is 13.3 Å². The van der Waals surface area contributed by atoms with Crippen molar-refractivity contribution in [3.8, 4) is 0 Å². The Morgan fingerprint density at radius 3 is 2.70 bits per heavy atom. The number of aromatic nitrogens is 2. The molecule has 0 N–H and O–H groups in total. The Labute approximate surface area is 121 Å². The molecule has 20 heavy (non-hydrogen) atoms. The Morgan fingerprint density at radius 2 is 1.85 bits per heavy atom. The maximum absolute atomic E-state index is 4.67. The van der Waals surface area contributed by atoms with Gasteiger partial charge in [0.25, 0.3) is 0 Å². The van der Waals surface area contributed by atoms with E-state index in [1.807, 2.05) is 6.07 Å². The summed E-state index contributed by atoms with van der Waals surface area (Å²) in [4.78, 5) is 5.75. The molecule has 0 aliphatic rings. The van der Waals surface area contributed by atoms with Gasteiger partial charge in [-0.2, -0.15) is 0 Å². The fourth-order valence-corrected chi connectivity index (χ4v) is 3.47. The van der Waals surface area contributed by atoms with Gasteiger partial charge in [-0.1, -0.05) is 42.0 Å². The SMILES string of the molecule is Cc1ccc(Cc2csc3nc4ccccc4n23)cc1. The maximum Gasteiger partial charge on any atom is 0.194 e. The lowest BCUT2D eigenvalue weighted by Crippen LogP contribution is -1.93. The second kappa shape index (κ2) is 4.46. The van der Waals surface area contributed by atoms with Crippen molar-refractivity contribution in [3.05, 3.63) is 70.7 Å². The summed E-state index contributed by atoms with van der Waals surface area (Å²) < 4.78 is 2.28. The van der Waals surface area contributed by atoms with Crippen molar-refractivity contribution in [1.82, 2.24) is 9.38 Å². The third kappa shape index (κ3) is 1.82. The highest BCUT2D eigenvalue weighted by molar-refractivity contribution is 7.15. The first-order chi connectivity index (χ1) is 9.81. The molecule has 0 radical (unpaired) electrons. The predicted octanol–water partition coefficient (Wildman–Crippen LogP) is 4.45. The van der Waals surface area contributed by atoms with E-state index in [0.717, 1.165) is 16.9 Å². The van der Waals surface area contributed by atoms with Crippen LogP contribution in [0.15, 0.2) is 53.9 Å². The van der Waals surface area contributed by atoms with Crippen molar-refractivity contribution >= 4 is 27.3 Å². The Morgan fingerprint density at radius 1 is 1.05 bits per heavy atom. The van der Waals surface area contributed by atoms with Gasteiger partial charge >= 0.3 is 0 Å². The second-order valence-electron chi connectivity index (χ2n) is 5.11. The van der Waals surface area contributed by atoms with Gasteiger partial charge in [0.2, 0.25) is 0 Å². The van der Waals surface area contributed by atoms with Crippen molar-refractivity contribution in [2.24, 2.45) is 0 Å². The van der Waals surface area contributed by atoms with Gasteiger partial charge in [0.1, 0.15) is 0 Å². The molecule has 2 nitrogen and oxygen atoms in total. The van der Waals surface area contributed by atoms with Crippen LogP contribution in [0.5, 0.6) is 0 Å². The standard InChI is InChI=1S/C17H14N2S/c1-12-6-8-13(9-7-12)10-14-11-20-17-18-15-4-2-3-5-16(15)19(14)17/h2-9,11H,10H2,1H3. The number of thiazole rings is 1. The van der Waals surface area contributed by atoms with Crippen molar-refractivity contribution in [1.29, 1.82) is 0 Å². The molecule has 0 bridgehead atoms. The van der Waals surface area contributed by atoms with Crippen LogP contribution in [0.25, 0.3) is 16.0 Å². The van der Waals surface area contributed by atoms with E-state index in [2.05, 4.69) is 64.2 Å². The van der Waals surface area contributed by atoms with Gasteiger partial charge in [-0.05, 0) is 24.6 Å². The lowest BCUT2D eigenvalue weighted by atomic mass is 10.1. The highest BCUT2D eigenvalue weighted by Crippen LogP contribution is 2.25. The zero-order chi connectivity index (χ0) is 13.5. The van der Waals surface area contributed by atoms with E-state index in [1.54, 1.807) is 11.3 Å². The first kappa shape index (κ1) is 11.7. The molecule has 0 saturated heterocycles. The van der Waals surface area contributed by atoms with E-state index < -0.39 is 0 Å². The second-order valence-corrected chi connectivity index (χ2v) is 5.94. The van der Waals surface area contributed by atoms with Gasteiger partial charge in [0.05, 0.1) is 11.0 Å². The third-order valence-electron chi connectivity index (χ3n) is 3.62. The monoisotopic (exact) mass is 278 g/mol.